The van der Waals surface area contributed by atoms with E-state index in [9.17, 15) is 9.59 Å². The van der Waals surface area contributed by atoms with Gasteiger partial charge in [0, 0.05) is 20.1 Å². The summed E-state index contributed by atoms with van der Waals surface area (Å²) in [6.07, 6.45) is -0.553. The number of benzene rings is 2. The first-order valence-electron chi connectivity index (χ1n) is 10.1. The maximum atomic E-state index is 12.9. The lowest BCUT2D eigenvalue weighted by Crippen LogP contribution is -2.50. The SMILES string of the molecule is COC(CNC(=O)C(Cc1ccccc1)NC(=O)OC(C)(C)C)c1ccc(C)cc1. The zero-order valence-electron chi connectivity index (χ0n) is 18.4. The Balaban J connectivity index is 2.06. The molecule has 30 heavy (non-hydrogen) atoms. The number of nitrogens with one attached hydrogen (secondary N) is 2. The van der Waals surface area contributed by atoms with Gasteiger partial charge in [0.25, 0.3) is 0 Å². The van der Waals surface area contributed by atoms with E-state index in [4.69, 9.17) is 9.47 Å². The average Bonchev–Trinajstić information content (AvgIpc) is 2.68. The van der Waals surface area contributed by atoms with Crippen molar-refractivity contribution in [2.24, 2.45) is 0 Å². The Morgan fingerprint density at radius 3 is 2.20 bits per heavy atom. The van der Waals surface area contributed by atoms with Gasteiger partial charge in [-0.1, -0.05) is 60.2 Å². The van der Waals surface area contributed by atoms with Crippen LogP contribution < -0.4 is 10.6 Å². The minimum atomic E-state index is -0.766. The molecule has 2 rings (SSSR count). The van der Waals surface area contributed by atoms with Crippen molar-refractivity contribution in [3.8, 4) is 0 Å². The molecule has 0 radical (unpaired) electrons. The third-order valence-corrected chi connectivity index (χ3v) is 4.49. The predicted molar refractivity (Wildman–Crippen MR) is 117 cm³/mol. The molecule has 0 aromatic heterocycles. The molecular formula is C24H32N2O4. The second-order valence-corrected chi connectivity index (χ2v) is 8.27. The van der Waals surface area contributed by atoms with E-state index >= 15 is 0 Å². The molecule has 2 atom stereocenters. The summed E-state index contributed by atoms with van der Waals surface area (Å²) < 4.78 is 10.9. The molecule has 2 unspecified atom stereocenters. The third kappa shape index (κ3) is 7.87. The zero-order chi connectivity index (χ0) is 22.1. The number of aryl methyl sites for hydroxylation is 1. The molecule has 0 aliphatic rings. The fourth-order valence-corrected chi connectivity index (χ4v) is 2.94. The lowest BCUT2D eigenvalue weighted by Gasteiger charge is -2.24. The first kappa shape index (κ1) is 23.4. The summed E-state index contributed by atoms with van der Waals surface area (Å²) >= 11 is 0. The van der Waals surface area contributed by atoms with E-state index in [2.05, 4.69) is 10.6 Å². The predicted octanol–water partition coefficient (Wildman–Crippen LogP) is 3.93. The van der Waals surface area contributed by atoms with E-state index in [1.165, 1.54) is 0 Å². The smallest absolute Gasteiger partial charge is 0.408 e. The van der Waals surface area contributed by atoms with Crippen LogP contribution in [0.2, 0.25) is 0 Å². The fraction of sp³-hybridized carbons (Fsp3) is 0.417. The van der Waals surface area contributed by atoms with Gasteiger partial charge in [-0.25, -0.2) is 4.79 Å². The van der Waals surface area contributed by atoms with Crippen molar-refractivity contribution in [3.63, 3.8) is 0 Å². The highest BCUT2D eigenvalue weighted by atomic mass is 16.6. The Morgan fingerprint density at radius 2 is 1.63 bits per heavy atom. The number of carbonyl (C=O) groups is 2. The molecule has 0 fully saturated rings. The number of carbonyl (C=O) groups excluding carboxylic acids is 2. The first-order chi connectivity index (χ1) is 14.2. The quantitative estimate of drug-likeness (QED) is 0.689. The van der Waals surface area contributed by atoms with Gasteiger partial charge in [0.1, 0.15) is 11.6 Å². The fourth-order valence-electron chi connectivity index (χ4n) is 2.94. The standard InChI is InChI=1S/C24H32N2O4/c1-17-11-13-19(14-12-17)21(29-5)16-25-22(27)20(15-18-9-7-6-8-10-18)26-23(28)30-24(2,3)4/h6-14,20-21H,15-16H2,1-5H3,(H,25,27)(H,26,28). The van der Waals surface area contributed by atoms with Crippen LogP contribution in [-0.4, -0.2) is 37.3 Å². The summed E-state index contributed by atoms with van der Waals surface area (Å²) in [5.74, 6) is -0.293. The highest BCUT2D eigenvalue weighted by Crippen LogP contribution is 2.16. The maximum absolute atomic E-state index is 12.9. The number of ether oxygens (including phenoxy) is 2. The Kier molecular flexibility index (Phi) is 8.42. The van der Waals surface area contributed by atoms with Crippen LogP contribution in [0.25, 0.3) is 0 Å². The molecule has 0 bridgehead atoms. The van der Waals surface area contributed by atoms with Gasteiger partial charge in [-0.05, 0) is 38.8 Å². The summed E-state index contributed by atoms with van der Waals surface area (Å²) in [6, 6.07) is 16.8. The minimum absolute atomic E-state index is 0.284. The Labute approximate surface area is 179 Å². The van der Waals surface area contributed by atoms with Crippen molar-refractivity contribution in [3.05, 3.63) is 71.3 Å². The summed E-state index contributed by atoms with van der Waals surface area (Å²) in [4.78, 5) is 25.2. The van der Waals surface area contributed by atoms with Crippen molar-refractivity contribution in [2.75, 3.05) is 13.7 Å². The lowest BCUT2D eigenvalue weighted by atomic mass is 10.0. The third-order valence-electron chi connectivity index (χ3n) is 4.49. The first-order valence-corrected chi connectivity index (χ1v) is 10.1. The summed E-state index contributed by atoms with van der Waals surface area (Å²) in [6.45, 7) is 7.65. The maximum Gasteiger partial charge on any atom is 0.408 e. The number of methoxy groups -OCH3 is 1. The van der Waals surface area contributed by atoms with Crippen LogP contribution in [0.15, 0.2) is 54.6 Å². The van der Waals surface area contributed by atoms with Crippen LogP contribution in [0, 0.1) is 6.92 Å². The molecule has 0 aliphatic heterocycles. The van der Waals surface area contributed by atoms with Crippen LogP contribution >= 0.6 is 0 Å². The Hall–Kier alpha value is -2.86. The molecular weight excluding hydrogens is 380 g/mol. The number of hydrogen-bond donors (Lipinski definition) is 2. The van der Waals surface area contributed by atoms with Crippen molar-refractivity contribution in [2.45, 2.75) is 51.9 Å². The van der Waals surface area contributed by atoms with Gasteiger partial charge in [0.2, 0.25) is 5.91 Å². The van der Waals surface area contributed by atoms with Crippen LogP contribution in [0.5, 0.6) is 0 Å². The Bertz CT molecular complexity index is 813. The van der Waals surface area contributed by atoms with E-state index in [0.717, 1.165) is 16.7 Å². The van der Waals surface area contributed by atoms with Gasteiger partial charge >= 0.3 is 6.09 Å². The molecule has 0 aliphatic carbocycles. The van der Waals surface area contributed by atoms with Gasteiger partial charge in [-0.3, -0.25) is 4.79 Å². The molecule has 162 valence electrons. The molecule has 0 saturated heterocycles. The molecule has 2 aromatic carbocycles. The number of alkyl carbamates (subject to hydrolysis) is 1. The molecule has 6 nitrogen and oxygen atoms in total. The van der Waals surface area contributed by atoms with E-state index in [-0.39, 0.29) is 12.0 Å². The summed E-state index contributed by atoms with van der Waals surface area (Å²) in [5, 5.41) is 5.60. The van der Waals surface area contributed by atoms with Crippen molar-refractivity contribution in [1.82, 2.24) is 10.6 Å². The van der Waals surface area contributed by atoms with Crippen LogP contribution in [-0.2, 0) is 20.7 Å². The lowest BCUT2D eigenvalue weighted by molar-refractivity contribution is -0.123. The van der Waals surface area contributed by atoms with E-state index in [0.29, 0.717) is 13.0 Å². The second-order valence-electron chi connectivity index (χ2n) is 8.27. The summed E-state index contributed by atoms with van der Waals surface area (Å²) in [5.41, 5.74) is 2.42. The van der Waals surface area contributed by atoms with Crippen LogP contribution in [0.1, 0.15) is 43.6 Å². The molecule has 2 aromatic rings. The van der Waals surface area contributed by atoms with Gasteiger partial charge < -0.3 is 20.1 Å². The van der Waals surface area contributed by atoms with Crippen molar-refractivity contribution < 1.29 is 19.1 Å². The van der Waals surface area contributed by atoms with Gasteiger partial charge in [0.05, 0.1) is 6.10 Å². The monoisotopic (exact) mass is 412 g/mol. The van der Waals surface area contributed by atoms with E-state index < -0.39 is 17.7 Å². The zero-order valence-corrected chi connectivity index (χ0v) is 18.4. The minimum Gasteiger partial charge on any atom is -0.444 e. The van der Waals surface area contributed by atoms with Crippen LogP contribution in [0.4, 0.5) is 4.79 Å². The van der Waals surface area contributed by atoms with Gasteiger partial charge in [-0.2, -0.15) is 0 Å². The number of rotatable bonds is 8. The van der Waals surface area contributed by atoms with Crippen molar-refractivity contribution in [1.29, 1.82) is 0 Å². The van der Waals surface area contributed by atoms with Gasteiger partial charge in [0.15, 0.2) is 0 Å². The summed E-state index contributed by atoms with van der Waals surface area (Å²) in [7, 11) is 1.61. The number of hydrogen-bond acceptors (Lipinski definition) is 4. The topological polar surface area (TPSA) is 76.7 Å². The van der Waals surface area contributed by atoms with Gasteiger partial charge in [-0.15, -0.1) is 0 Å². The largest absolute Gasteiger partial charge is 0.444 e. The molecule has 0 saturated carbocycles. The molecule has 0 heterocycles. The highest BCUT2D eigenvalue weighted by Gasteiger charge is 2.25. The second kappa shape index (κ2) is 10.8. The van der Waals surface area contributed by atoms with Crippen LogP contribution in [0.3, 0.4) is 0 Å². The number of amides is 2. The van der Waals surface area contributed by atoms with E-state index in [1.54, 1.807) is 27.9 Å². The average molecular weight is 413 g/mol. The highest BCUT2D eigenvalue weighted by molar-refractivity contribution is 5.86. The van der Waals surface area contributed by atoms with Crippen molar-refractivity contribution >= 4 is 12.0 Å². The molecule has 6 heteroatoms. The Morgan fingerprint density at radius 1 is 1.00 bits per heavy atom. The molecule has 2 amide bonds. The normalized spacial score (nSPS) is 13.2. The molecule has 0 spiro atoms. The molecule has 2 N–H and O–H groups in total. The van der Waals surface area contributed by atoms with E-state index in [1.807, 2.05) is 61.5 Å².